The molecule has 10 nitrogen and oxygen atoms in total. The Bertz CT molecular complexity index is 1740. The molecule has 2 aliphatic rings. The second-order valence-corrected chi connectivity index (χ2v) is 10.8. The molecule has 2 unspecified atom stereocenters. The number of nitrogens with zero attached hydrogens (tertiary/aromatic N) is 5. The van der Waals surface area contributed by atoms with Crippen LogP contribution < -0.4 is 15.1 Å². The molecule has 1 fully saturated rings. The molecule has 0 aliphatic carbocycles. The number of aliphatic carboxylic acids is 1. The lowest BCUT2D eigenvalue weighted by Crippen LogP contribution is -2.45. The number of aliphatic hydroxyl groups is 1. The molecule has 2 atom stereocenters. The normalized spacial score (nSPS) is 19.2. The third-order valence-electron chi connectivity index (χ3n) is 8.19. The first-order chi connectivity index (χ1) is 19.6. The summed E-state index contributed by atoms with van der Waals surface area (Å²) in [7, 11) is 7.35. The Labute approximate surface area is 234 Å². The van der Waals surface area contributed by atoms with E-state index in [0.29, 0.717) is 63.5 Å². The van der Waals surface area contributed by atoms with Crippen molar-refractivity contribution in [2.24, 2.45) is 0 Å². The van der Waals surface area contributed by atoms with Crippen molar-refractivity contribution in [1.82, 2.24) is 19.9 Å². The van der Waals surface area contributed by atoms with E-state index in [4.69, 9.17) is 0 Å². The summed E-state index contributed by atoms with van der Waals surface area (Å²) in [5.74, 6) is -2.75. The van der Waals surface area contributed by atoms with Crippen molar-refractivity contribution < 1.29 is 23.8 Å². The second kappa shape index (κ2) is 9.96. The van der Waals surface area contributed by atoms with Gasteiger partial charge >= 0.3 is 5.97 Å². The van der Waals surface area contributed by atoms with Gasteiger partial charge in [-0.3, -0.25) is 0 Å². The van der Waals surface area contributed by atoms with Crippen molar-refractivity contribution in [2.45, 2.75) is 25.0 Å². The SMILES string of the molecule is CNc1cc(F)c(F)c2c1[nH]c1ncc(-c3cnc4c(c3)C(O)C(C(=O)O)=CN4C)c(N3CCCC(N(C)C)C3)c12. The predicted octanol–water partition coefficient (Wildman–Crippen LogP) is 4.08. The first-order valence-electron chi connectivity index (χ1n) is 13.4. The minimum absolute atomic E-state index is 0.0995. The van der Waals surface area contributed by atoms with Gasteiger partial charge in [-0.05, 0) is 33.0 Å². The zero-order valence-corrected chi connectivity index (χ0v) is 23.2. The van der Waals surface area contributed by atoms with Crippen molar-refractivity contribution in [3.05, 3.63) is 53.5 Å². The molecule has 0 amide bonds. The van der Waals surface area contributed by atoms with Gasteiger partial charge in [0.1, 0.15) is 17.6 Å². The Kier molecular flexibility index (Phi) is 6.54. The molecule has 0 saturated carbocycles. The van der Waals surface area contributed by atoms with Crippen molar-refractivity contribution in [2.75, 3.05) is 56.4 Å². The summed E-state index contributed by atoms with van der Waals surface area (Å²) < 4.78 is 30.5. The molecule has 3 aromatic heterocycles. The predicted molar refractivity (Wildman–Crippen MR) is 154 cm³/mol. The molecule has 6 rings (SSSR count). The number of carboxylic acids is 1. The maximum absolute atomic E-state index is 15.6. The number of benzene rings is 1. The molecule has 0 bridgehead atoms. The van der Waals surface area contributed by atoms with Gasteiger partial charge in [0.05, 0.1) is 33.2 Å². The maximum atomic E-state index is 15.6. The number of fused-ring (bicyclic) bond motifs is 4. The van der Waals surface area contributed by atoms with Gasteiger partial charge in [0.25, 0.3) is 0 Å². The van der Waals surface area contributed by atoms with Gasteiger partial charge in [0.15, 0.2) is 11.6 Å². The number of anilines is 3. The van der Waals surface area contributed by atoms with E-state index in [1.807, 2.05) is 14.1 Å². The molecule has 1 saturated heterocycles. The smallest absolute Gasteiger partial charge is 0.336 e. The molecule has 41 heavy (non-hydrogen) atoms. The first-order valence-corrected chi connectivity index (χ1v) is 13.4. The number of nitrogens with one attached hydrogen (secondary N) is 2. The van der Waals surface area contributed by atoms with Crippen LogP contribution in [-0.4, -0.2) is 83.4 Å². The number of piperidine rings is 1. The maximum Gasteiger partial charge on any atom is 0.336 e. The van der Waals surface area contributed by atoms with Gasteiger partial charge in [-0.1, -0.05) is 0 Å². The summed E-state index contributed by atoms with van der Waals surface area (Å²) >= 11 is 0. The lowest BCUT2D eigenvalue weighted by Gasteiger charge is -2.38. The van der Waals surface area contributed by atoms with Crippen molar-refractivity contribution in [1.29, 1.82) is 0 Å². The summed E-state index contributed by atoms with van der Waals surface area (Å²) in [6, 6.07) is 3.05. The molecule has 0 radical (unpaired) electrons. The van der Waals surface area contributed by atoms with Gasteiger partial charge in [-0.2, -0.15) is 0 Å². The molecule has 12 heteroatoms. The van der Waals surface area contributed by atoms with E-state index in [0.717, 1.165) is 18.9 Å². The largest absolute Gasteiger partial charge is 0.478 e. The van der Waals surface area contributed by atoms with E-state index >= 15 is 4.39 Å². The Balaban J connectivity index is 1.64. The number of pyridine rings is 2. The van der Waals surface area contributed by atoms with Crippen LogP contribution in [0.25, 0.3) is 33.1 Å². The minimum Gasteiger partial charge on any atom is -0.478 e. The molecule has 5 heterocycles. The Morgan fingerprint density at radius 2 is 1.98 bits per heavy atom. The average molecular weight is 564 g/mol. The zero-order valence-electron chi connectivity index (χ0n) is 23.2. The molecule has 4 N–H and O–H groups in total. The number of likely N-dealkylation sites (N-methyl/N-ethyl adjacent to an activating group) is 1. The molecule has 4 aromatic rings. The lowest BCUT2D eigenvalue weighted by atomic mass is 9.94. The molecule has 2 aliphatic heterocycles. The van der Waals surface area contributed by atoms with Crippen LogP contribution in [0, 0.1) is 11.6 Å². The Morgan fingerprint density at radius 1 is 1.20 bits per heavy atom. The van der Waals surface area contributed by atoms with Crippen LogP contribution in [0.5, 0.6) is 0 Å². The number of aromatic nitrogens is 3. The van der Waals surface area contributed by atoms with Gasteiger partial charge in [0, 0.05) is 74.6 Å². The fourth-order valence-corrected chi connectivity index (χ4v) is 6.06. The zero-order chi connectivity index (χ0) is 29.2. The highest BCUT2D eigenvalue weighted by Crippen LogP contribution is 2.45. The standard InChI is InChI=1S/C29H31F2N7O3/c1-32-20-9-19(30)23(31)21-22-25(38-7-5-6-15(12-38)36(2)3)17(11-33-27(22)35-24(20)21)14-8-16-26(39)18(29(40)41)13-37(4)28(16)34-10-14/h8-11,13,15,26,32,39H,5-7,12H2,1-4H3,(H,33,35)(H,40,41). The number of hydrogen-bond acceptors (Lipinski definition) is 8. The van der Waals surface area contributed by atoms with E-state index in [2.05, 4.69) is 30.1 Å². The number of aromatic amines is 1. The van der Waals surface area contributed by atoms with Crippen molar-refractivity contribution in [3.63, 3.8) is 0 Å². The number of hydrogen-bond donors (Lipinski definition) is 4. The van der Waals surface area contributed by atoms with E-state index < -0.39 is 23.7 Å². The van der Waals surface area contributed by atoms with Crippen molar-refractivity contribution >= 4 is 45.1 Å². The van der Waals surface area contributed by atoms with E-state index in [-0.39, 0.29) is 17.0 Å². The van der Waals surface area contributed by atoms with Crippen molar-refractivity contribution in [3.8, 4) is 11.1 Å². The highest BCUT2D eigenvalue weighted by atomic mass is 19.2. The van der Waals surface area contributed by atoms with E-state index in [1.165, 1.54) is 6.20 Å². The number of carboxylic acid groups (broad SMARTS) is 1. The van der Waals surface area contributed by atoms with Crippen LogP contribution in [0.1, 0.15) is 24.5 Å². The minimum atomic E-state index is -1.39. The average Bonchev–Trinajstić information content (AvgIpc) is 3.36. The first kappa shape index (κ1) is 26.9. The molecular formula is C29H31F2N7O3. The quantitative estimate of drug-likeness (QED) is 0.285. The summed E-state index contributed by atoms with van der Waals surface area (Å²) in [6.45, 7) is 1.34. The van der Waals surface area contributed by atoms with E-state index in [1.54, 1.807) is 37.5 Å². The van der Waals surface area contributed by atoms with Gasteiger partial charge < -0.3 is 35.2 Å². The second-order valence-electron chi connectivity index (χ2n) is 10.8. The number of rotatable bonds is 5. The fraction of sp³-hybridized carbons (Fsp3) is 0.345. The monoisotopic (exact) mass is 563 g/mol. The van der Waals surface area contributed by atoms with Crippen LogP contribution in [0.15, 0.2) is 36.3 Å². The van der Waals surface area contributed by atoms with Crippen LogP contribution in [0.4, 0.5) is 26.0 Å². The number of aliphatic hydroxyl groups excluding tert-OH is 1. The number of halogens is 2. The van der Waals surface area contributed by atoms with Crippen LogP contribution in [-0.2, 0) is 4.79 Å². The highest BCUT2D eigenvalue weighted by molar-refractivity contribution is 6.18. The Morgan fingerprint density at radius 3 is 2.68 bits per heavy atom. The van der Waals surface area contributed by atoms with Crippen LogP contribution in [0.2, 0.25) is 0 Å². The summed E-state index contributed by atoms with van der Waals surface area (Å²) in [4.78, 5) is 30.1. The van der Waals surface area contributed by atoms with Crippen LogP contribution in [0.3, 0.4) is 0 Å². The topological polar surface area (TPSA) is 121 Å². The highest BCUT2D eigenvalue weighted by Gasteiger charge is 2.32. The molecule has 214 valence electrons. The summed E-state index contributed by atoms with van der Waals surface area (Å²) in [6.07, 6.45) is 5.14. The van der Waals surface area contributed by atoms with Gasteiger partial charge in [-0.25, -0.2) is 23.5 Å². The van der Waals surface area contributed by atoms with Gasteiger partial charge in [0.2, 0.25) is 0 Å². The Hall–Kier alpha value is -4.29. The fourth-order valence-electron chi connectivity index (χ4n) is 6.06. The summed E-state index contributed by atoms with van der Waals surface area (Å²) in [5, 5.41) is 24.1. The number of H-pyrrole nitrogens is 1. The third-order valence-corrected chi connectivity index (χ3v) is 8.19. The molecule has 0 spiro atoms. The molecular weight excluding hydrogens is 532 g/mol. The summed E-state index contributed by atoms with van der Waals surface area (Å²) in [5.41, 5.74) is 3.24. The number of carbonyl (C=O) groups is 1. The third kappa shape index (κ3) is 4.25. The molecule has 1 aromatic carbocycles. The van der Waals surface area contributed by atoms with E-state index in [9.17, 15) is 19.4 Å². The van der Waals surface area contributed by atoms with Gasteiger partial charge in [-0.15, -0.1) is 0 Å². The lowest BCUT2D eigenvalue weighted by molar-refractivity contribution is -0.133. The van der Waals surface area contributed by atoms with Crippen LogP contribution >= 0.6 is 0 Å².